The Balaban J connectivity index is 2.34. The summed E-state index contributed by atoms with van der Waals surface area (Å²) >= 11 is 5.97. The Labute approximate surface area is 133 Å². The first-order chi connectivity index (χ1) is 10.5. The lowest BCUT2D eigenvalue weighted by Crippen LogP contribution is -2.47. The van der Waals surface area contributed by atoms with Crippen molar-refractivity contribution in [2.75, 3.05) is 0 Å². The maximum Gasteiger partial charge on any atom is 0.211 e. The number of rotatable bonds is 6. The first-order valence-electron chi connectivity index (χ1n) is 7.03. The molecule has 2 rings (SSSR count). The third kappa shape index (κ3) is 3.04. The first kappa shape index (κ1) is 16.2. The van der Waals surface area contributed by atoms with Crippen molar-refractivity contribution >= 4 is 29.1 Å². The zero-order chi connectivity index (χ0) is 16.3. The van der Waals surface area contributed by atoms with Crippen LogP contribution in [-0.4, -0.2) is 23.6 Å². The van der Waals surface area contributed by atoms with Crippen molar-refractivity contribution in [2.24, 2.45) is 0 Å². The monoisotopic (exact) mass is 320 g/mol. The Morgan fingerprint density at radius 1 is 1.23 bits per heavy atom. The number of nitrogens with one attached hydrogen (secondary N) is 1. The highest BCUT2D eigenvalue weighted by Gasteiger charge is 2.32. The Morgan fingerprint density at radius 3 is 2.36 bits per heavy atom. The van der Waals surface area contributed by atoms with Gasteiger partial charge < -0.3 is 15.2 Å². The molecule has 0 saturated heterocycles. The van der Waals surface area contributed by atoms with Crippen LogP contribution < -0.4 is 10.4 Å². The summed E-state index contributed by atoms with van der Waals surface area (Å²) in [6, 6.07) is 5.24. The predicted octanol–water partition coefficient (Wildman–Crippen LogP) is 1.41. The van der Waals surface area contributed by atoms with Gasteiger partial charge in [-0.25, -0.2) is 0 Å². The highest BCUT2D eigenvalue weighted by molar-refractivity contribution is 6.49. The van der Waals surface area contributed by atoms with Crippen molar-refractivity contribution in [1.82, 2.24) is 5.32 Å². The Hall–Kier alpha value is -2.14. The fraction of sp³-hybridized carbons (Fsp3) is 0.312. The molecule has 0 heterocycles. The van der Waals surface area contributed by atoms with Crippen LogP contribution >= 0.6 is 11.6 Å². The van der Waals surface area contributed by atoms with E-state index in [0.717, 1.165) is 6.42 Å². The van der Waals surface area contributed by atoms with E-state index in [0.29, 0.717) is 6.42 Å². The molecule has 0 radical (unpaired) electrons. The minimum absolute atomic E-state index is 0.171. The van der Waals surface area contributed by atoms with Crippen LogP contribution in [-0.2, 0) is 4.79 Å². The Morgan fingerprint density at radius 2 is 1.82 bits per heavy atom. The summed E-state index contributed by atoms with van der Waals surface area (Å²) < 4.78 is 0. The number of Topliss-reactive ketones (excluding diaryl/α,β-unsaturated/α-hetero) is 2. The Bertz CT molecular complexity index is 666. The highest BCUT2D eigenvalue weighted by atomic mass is 35.5. The van der Waals surface area contributed by atoms with Gasteiger partial charge in [0.25, 0.3) is 0 Å². The smallest absolute Gasteiger partial charge is 0.211 e. The number of carbonyl (C=O) groups excluding carboxylic acids is 3. The SMILES string of the molecule is CCCC[C@@H](NC1=C(Cl)C(=O)c2ccccc2C1=O)C(=O)[O-]. The summed E-state index contributed by atoms with van der Waals surface area (Å²) in [6.07, 6.45) is 1.73. The lowest BCUT2D eigenvalue weighted by molar-refractivity contribution is -0.308. The third-order valence-electron chi connectivity index (χ3n) is 3.51. The second kappa shape index (κ2) is 6.75. The maximum atomic E-state index is 12.4. The Kier molecular flexibility index (Phi) is 4.98. The molecule has 1 aliphatic carbocycles. The lowest BCUT2D eigenvalue weighted by atomic mass is 9.92. The molecule has 0 amide bonds. The zero-order valence-electron chi connectivity index (χ0n) is 12.0. The van der Waals surface area contributed by atoms with E-state index in [4.69, 9.17) is 11.6 Å². The molecule has 1 N–H and O–H groups in total. The standard InChI is InChI=1S/C16H16ClNO4/c1-2-3-8-11(16(21)22)18-13-12(17)14(19)9-6-4-5-7-10(9)15(13)20/h4-7,11,18H,2-3,8H2,1H3,(H,21,22)/p-1/t11-/m1/s1. The van der Waals surface area contributed by atoms with E-state index < -0.39 is 23.6 Å². The van der Waals surface area contributed by atoms with Crippen LogP contribution in [0.25, 0.3) is 0 Å². The molecule has 0 spiro atoms. The molecule has 6 heteroatoms. The molecule has 1 aromatic rings. The summed E-state index contributed by atoms with van der Waals surface area (Å²) in [7, 11) is 0. The molecule has 0 bridgehead atoms. The van der Waals surface area contributed by atoms with E-state index in [2.05, 4.69) is 5.32 Å². The molecular formula is C16H15ClNO4-. The number of hydrogen-bond acceptors (Lipinski definition) is 5. The van der Waals surface area contributed by atoms with Gasteiger partial charge in [-0.1, -0.05) is 55.6 Å². The number of benzene rings is 1. The van der Waals surface area contributed by atoms with Crippen LogP contribution in [0.1, 0.15) is 46.9 Å². The van der Waals surface area contributed by atoms with Gasteiger partial charge in [0.05, 0.1) is 12.0 Å². The quantitative estimate of drug-likeness (QED) is 0.856. The molecule has 0 aromatic heterocycles. The second-order valence-electron chi connectivity index (χ2n) is 5.05. The molecule has 1 atom stereocenters. The number of allylic oxidation sites excluding steroid dienone is 2. The summed E-state index contributed by atoms with van der Waals surface area (Å²) in [5.74, 6) is -2.31. The number of carbonyl (C=O) groups is 3. The van der Waals surface area contributed by atoms with E-state index in [9.17, 15) is 19.5 Å². The van der Waals surface area contributed by atoms with Gasteiger partial charge in [-0.2, -0.15) is 0 Å². The molecule has 0 fully saturated rings. The normalized spacial score (nSPS) is 15.5. The second-order valence-corrected chi connectivity index (χ2v) is 5.43. The number of hydrogen-bond donors (Lipinski definition) is 1. The topological polar surface area (TPSA) is 86.3 Å². The number of carboxylic acid groups (broad SMARTS) is 1. The number of carboxylic acids is 1. The largest absolute Gasteiger partial charge is 0.548 e. The molecule has 1 aliphatic rings. The van der Waals surface area contributed by atoms with Gasteiger partial charge in [0.15, 0.2) is 0 Å². The zero-order valence-corrected chi connectivity index (χ0v) is 12.8. The minimum atomic E-state index is -1.33. The van der Waals surface area contributed by atoms with Gasteiger partial charge in [0.1, 0.15) is 10.7 Å². The average molecular weight is 321 g/mol. The molecule has 1 aromatic carbocycles. The number of fused-ring (bicyclic) bond motifs is 1. The summed E-state index contributed by atoms with van der Waals surface area (Å²) in [5, 5.41) is 13.5. The van der Waals surface area contributed by atoms with Crippen molar-refractivity contribution in [3.05, 3.63) is 46.1 Å². The number of unbranched alkanes of at least 4 members (excludes halogenated alkanes) is 1. The lowest BCUT2D eigenvalue weighted by Gasteiger charge is -2.25. The fourth-order valence-electron chi connectivity index (χ4n) is 2.31. The van der Waals surface area contributed by atoms with E-state index in [1.807, 2.05) is 6.92 Å². The van der Waals surface area contributed by atoms with Crippen LogP contribution in [0.4, 0.5) is 0 Å². The number of ketones is 2. The molecular weight excluding hydrogens is 306 g/mol. The van der Waals surface area contributed by atoms with E-state index >= 15 is 0 Å². The van der Waals surface area contributed by atoms with Gasteiger partial charge in [-0.15, -0.1) is 0 Å². The number of halogens is 1. The maximum absolute atomic E-state index is 12.4. The minimum Gasteiger partial charge on any atom is -0.548 e. The van der Waals surface area contributed by atoms with Gasteiger partial charge in [-0.3, -0.25) is 9.59 Å². The average Bonchev–Trinajstić information content (AvgIpc) is 2.52. The molecule has 0 saturated carbocycles. The summed E-state index contributed by atoms with van der Waals surface area (Å²) in [5.41, 5.74) is 0.268. The van der Waals surface area contributed by atoms with Crippen LogP contribution in [0, 0.1) is 0 Å². The van der Waals surface area contributed by atoms with Gasteiger partial charge in [-0.05, 0) is 6.42 Å². The molecule has 0 unspecified atom stereocenters. The van der Waals surface area contributed by atoms with Gasteiger partial charge in [0.2, 0.25) is 11.6 Å². The van der Waals surface area contributed by atoms with Crippen LogP contribution in [0.3, 0.4) is 0 Å². The molecule has 5 nitrogen and oxygen atoms in total. The van der Waals surface area contributed by atoms with Crippen LogP contribution in [0.5, 0.6) is 0 Å². The van der Waals surface area contributed by atoms with Crippen molar-refractivity contribution in [2.45, 2.75) is 32.2 Å². The van der Waals surface area contributed by atoms with E-state index in [1.54, 1.807) is 12.1 Å². The van der Waals surface area contributed by atoms with Crippen molar-refractivity contribution < 1.29 is 19.5 Å². The van der Waals surface area contributed by atoms with Crippen LogP contribution in [0.2, 0.25) is 0 Å². The van der Waals surface area contributed by atoms with Crippen molar-refractivity contribution in [3.63, 3.8) is 0 Å². The highest BCUT2D eigenvalue weighted by Crippen LogP contribution is 2.27. The predicted molar refractivity (Wildman–Crippen MR) is 79.4 cm³/mol. The van der Waals surface area contributed by atoms with E-state index in [1.165, 1.54) is 12.1 Å². The third-order valence-corrected chi connectivity index (χ3v) is 3.87. The fourth-order valence-corrected chi connectivity index (χ4v) is 2.55. The first-order valence-corrected chi connectivity index (χ1v) is 7.40. The molecule has 116 valence electrons. The van der Waals surface area contributed by atoms with Gasteiger partial charge in [0, 0.05) is 11.1 Å². The van der Waals surface area contributed by atoms with Gasteiger partial charge >= 0.3 is 0 Å². The number of aliphatic carboxylic acids is 1. The molecule has 22 heavy (non-hydrogen) atoms. The van der Waals surface area contributed by atoms with E-state index in [-0.39, 0.29) is 28.3 Å². The summed E-state index contributed by atoms with van der Waals surface area (Å²) in [4.78, 5) is 35.8. The molecule has 0 aliphatic heterocycles. The van der Waals surface area contributed by atoms with Crippen LogP contribution in [0.15, 0.2) is 35.0 Å². The van der Waals surface area contributed by atoms with Crippen molar-refractivity contribution in [3.8, 4) is 0 Å². The summed E-state index contributed by atoms with van der Waals surface area (Å²) in [6.45, 7) is 1.92. The van der Waals surface area contributed by atoms with Crippen molar-refractivity contribution in [1.29, 1.82) is 0 Å².